The van der Waals surface area contributed by atoms with Crippen LogP contribution >= 0.6 is 0 Å². The van der Waals surface area contributed by atoms with E-state index in [0.717, 1.165) is 48.4 Å². The average Bonchev–Trinajstić information content (AvgIpc) is 3.13. The Morgan fingerprint density at radius 3 is 2.83 bits per heavy atom. The van der Waals surface area contributed by atoms with Crippen LogP contribution in [0.15, 0.2) is 48.8 Å². The van der Waals surface area contributed by atoms with Crippen molar-refractivity contribution in [1.29, 1.82) is 0 Å². The minimum atomic E-state index is -0.128. The number of aryl methyl sites for hydroxylation is 1. The van der Waals surface area contributed by atoms with E-state index in [4.69, 9.17) is 4.74 Å². The van der Waals surface area contributed by atoms with Gasteiger partial charge in [0.15, 0.2) is 5.69 Å². The van der Waals surface area contributed by atoms with Crippen LogP contribution in [-0.2, 0) is 33.0 Å². The zero-order valence-corrected chi connectivity index (χ0v) is 17.4. The van der Waals surface area contributed by atoms with Crippen molar-refractivity contribution >= 4 is 5.91 Å². The van der Waals surface area contributed by atoms with Gasteiger partial charge in [-0.1, -0.05) is 12.1 Å². The van der Waals surface area contributed by atoms with Gasteiger partial charge in [0, 0.05) is 49.8 Å². The largest absolute Gasteiger partial charge is 0.497 e. The number of hydrogen-bond acceptors (Lipinski definition) is 5. The summed E-state index contributed by atoms with van der Waals surface area (Å²) in [5, 5.41) is 11.1. The molecule has 2 aromatic heterocycles. The van der Waals surface area contributed by atoms with Crippen LogP contribution in [0.3, 0.4) is 0 Å². The minimum Gasteiger partial charge on any atom is -0.497 e. The summed E-state index contributed by atoms with van der Waals surface area (Å²) in [7, 11) is 3.60. The Kier molecular flexibility index (Phi) is 6.09. The molecule has 0 saturated carbocycles. The quantitative estimate of drug-likeness (QED) is 0.631. The molecule has 30 heavy (non-hydrogen) atoms. The monoisotopic (exact) mass is 405 g/mol. The van der Waals surface area contributed by atoms with Crippen LogP contribution in [0, 0.1) is 0 Å². The molecule has 7 nitrogen and oxygen atoms in total. The summed E-state index contributed by atoms with van der Waals surface area (Å²) in [4.78, 5) is 16.8. The third kappa shape index (κ3) is 4.52. The molecule has 2 N–H and O–H groups in total. The molecule has 1 amide bonds. The molecule has 1 atom stereocenters. The third-order valence-corrected chi connectivity index (χ3v) is 5.60. The van der Waals surface area contributed by atoms with Gasteiger partial charge in [-0.2, -0.15) is 5.10 Å². The summed E-state index contributed by atoms with van der Waals surface area (Å²) in [6.45, 7) is 1.23. The highest BCUT2D eigenvalue weighted by molar-refractivity contribution is 5.94. The van der Waals surface area contributed by atoms with Gasteiger partial charge in [0.1, 0.15) is 5.75 Å². The number of nitrogens with one attached hydrogen (secondary N) is 2. The molecule has 7 heteroatoms. The highest BCUT2D eigenvalue weighted by atomic mass is 16.5. The Bertz CT molecular complexity index is 1020. The topological polar surface area (TPSA) is 81.1 Å². The molecule has 0 fully saturated rings. The van der Waals surface area contributed by atoms with Crippen LogP contribution in [0.25, 0.3) is 0 Å². The van der Waals surface area contributed by atoms with Crippen LogP contribution < -0.4 is 15.4 Å². The Labute approximate surface area is 176 Å². The van der Waals surface area contributed by atoms with Crippen LogP contribution in [0.4, 0.5) is 0 Å². The number of rotatable bonds is 7. The third-order valence-electron chi connectivity index (χ3n) is 5.60. The van der Waals surface area contributed by atoms with Crippen molar-refractivity contribution < 1.29 is 9.53 Å². The first-order chi connectivity index (χ1) is 14.6. The zero-order chi connectivity index (χ0) is 20.9. The highest BCUT2D eigenvalue weighted by Gasteiger charge is 2.28. The molecule has 0 aliphatic heterocycles. The van der Waals surface area contributed by atoms with E-state index in [1.54, 1.807) is 19.5 Å². The molecule has 3 aromatic rings. The zero-order valence-electron chi connectivity index (χ0n) is 17.4. The first kappa shape index (κ1) is 20.1. The van der Waals surface area contributed by atoms with Crippen molar-refractivity contribution in [2.45, 2.75) is 38.4 Å². The average molecular weight is 406 g/mol. The first-order valence-corrected chi connectivity index (χ1v) is 10.2. The van der Waals surface area contributed by atoms with E-state index in [2.05, 4.69) is 26.8 Å². The highest BCUT2D eigenvalue weighted by Crippen LogP contribution is 2.25. The standard InChI is InChI=1S/C23H27N5O2/c1-28-21-7-6-18(25-15-17-4-3-5-19(12-17)30-2)13-20(21)22(27-28)23(29)26-14-16-8-10-24-11-9-16/h3-5,8-12,18,25H,6-7,13-15H2,1-2H3,(H,26,29). The fraction of sp³-hybridized carbons (Fsp3) is 0.348. The maximum absolute atomic E-state index is 12.8. The normalized spacial score (nSPS) is 15.5. The number of fused-ring (bicyclic) bond motifs is 1. The van der Waals surface area contributed by atoms with Gasteiger partial charge in [-0.15, -0.1) is 0 Å². The van der Waals surface area contributed by atoms with Crippen molar-refractivity contribution in [1.82, 2.24) is 25.4 Å². The number of hydrogen-bond donors (Lipinski definition) is 2. The lowest BCUT2D eigenvalue weighted by Crippen LogP contribution is -2.35. The molecule has 0 saturated heterocycles. The van der Waals surface area contributed by atoms with E-state index in [0.29, 0.717) is 18.3 Å². The van der Waals surface area contributed by atoms with Gasteiger partial charge in [-0.25, -0.2) is 0 Å². The second-order valence-electron chi connectivity index (χ2n) is 7.61. The summed E-state index contributed by atoms with van der Waals surface area (Å²) in [6.07, 6.45) is 6.18. The number of benzene rings is 1. The number of carbonyl (C=O) groups excluding carboxylic acids is 1. The van der Waals surface area contributed by atoms with Gasteiger partial charge in [-0.05, 0) is 54.7 Å². The van der Waals surface area contributed by atoms with E-state index in [1.165, 1.54) is 5.56 Å². The van der Waals surface area contributed by atoms with Gasteiger partial charge in [0.25, 0.3) is 5.91 Å². The summed E-state index contributed by atoms with van der Waals surface area (Å²) in [5.74, 6) is 0.734. The van der Waals surface area contributed by atoms with E-state index in [-0.39, 0.29) is 5.91 Å². The maximum atomic E-state index is 12.8. The SMILES string of the molecule is COc1cccc(CNC2CCc3c(c(C(=O)NCc4ccncc4)nn3C)C2)c1. The van der Waals surface area contributed by atoms with Gasteiger partial charge in [0.05, 0.1) is 7.11 Å². The molecule has 0 bridgehead atoms. The summed E-state index contributed by atoms with van der Waals surface area (Å²) >= 11 is 0. The Morgan fingerprint density at radius 2 is 2.03 bits per heavy atom. The number of methoxy groups -OCH3 is 1. The molecular formula is C23H27N5O2. The lowest BCUT2D eigenvalue weighted by atomic mass is 9.91. The van der Waals surface area contributed by atoms with Crippen LogP contribution in [0.5, 0.6) is 5.75 Å². The van der Waals surface area contributed by atoms with E-state index in [9.17, 15) is 4.79 Å². The Morgan fingerprint density at radius 1 is 1.20 bits per heavy atom. The van der Waals surface area contributed by atoms with Crippen LogP contribution in [0.2, 0.25) is 0 Å². The molecule has 1 aromatic carbocycles. The number of amides is 1. The molecular weight excluding hydrogens is 378 g/mol. The molecule has 2 heterocycles. The second kappa shape index (κ2) is 9.09. The van der Waals surface area contributed by atoms with Crippen LogP contribution in [0.1, 0.15) is 39.3 Å². The molecule has 1 aliphatic carbocycles. The van der Waals surface area contributed by atoms with Gasteiger partial charge in [0.2, 0.25) is 0 Å². The van der Waals surface area contributed by atoms with E-state index >= 15 is 0 Å². The minimum absolute atomic E-state index is 0.128. The summed E-state index contributed by atoms with van der Waals surface area (Å²) in [6, 6.07) is 12.2. The molecule has 0 spiro atoms. The molecule has 1 aliphatic rings. The number of carbonyl (C=O) groups is 1. The smallest absolute Gasteiger partial charge is 0.272 e. The second-order valence-corrected chi connectivity index (χ2v) is 7.61. The summed E-state index contributed by atoms with van der Waals surface area (Å²) in [5.41, 5.74) is 4.94. The van der Waals surface area contributed by atoms with Crippen molar-refractivity contribution in [2.24, 2.45) is 7.05 Å². The van der Waals surface area contributed by atoms with E-state index in [1.807, 2.05) is 42.1 Å². The molecule has 1 unspecified atom stereocenters. The molecule has 4 rings (SSSR count). The van der Waals surface area contributed by atoms with Gasteiger partial charge >= 0.3 is 0 Å². The van der Waals surface area contributed by atoms with E-state index < -0.39 is 0 Å². The number of aromatic nitrogens is 3. The number of pyridine rings is 1. The lowest BCUT2D eigenvalue weighted by Gasteiger charge is -2.24. The fourth-order valence-corrected chi connectivity index (χ4v) is 3.96. The maximum Gasteiger partial charge on any atom is 0.272 e. The predicted molar refractivity (Wildman–Crippen MR) is 114 cm³/mol. The van der Waals surface area contributed by atoms with Crippen molar-refractivity contribution in [3.05, 3.63) is 76.9 Å². The Hall–Kier alpha value is -3.19. The lowest BCUT2D eigenvalue weighted by molar-refractivity contribution is 0.0944. The molecule has 0 radical (unpaired) electrons. The first-order valence-electron chi connectivity index (χ1n) is 10.2. The van der Waals surface area contributed by atoms with Gasteiger partial charge in [-0.3, -0.25) is 14.5 Å². The molecule has 156 valence electrons. The Balaban J connectivity index is 1.41. The van der Waals surface area contributed by atoms with Gasteiger partial charge < -0.3 is 15.4 Å². The summed E-state index contributed by atoms with van der Waals surface area (Å²) < 4.78 is 7.16. The number of nitrogens with zero attached hydrogens (tertiary/aromatic N) is 3. The van der Waals surface area contributed by atoms with Crippen molar-refractivity contribution in [3.8, 4) is 5.75 Å². The van der Waals surface area contributed by atoms with Crippen molar-refractivity contribution in [3.63, 3.8) is 0 Å². The number of ether oxygens (including phenoxy) is 1. The predicted octanol–water partition coefficient (Wildman–Crippen LogP) is 2.40. The van der Waals surface area contributed by atoms with Crippen molar-refractivity contribution in [2.75, 3.05) is 7.11 Å². The van der Waals surface area contributed by atoms with Crippen LogP contribution in [-0.4, -0.2) is 33.8 Å². The fourth-order valence-electron chi connectivity index (χ4n) is 3.96.